The first-order chi connectivity index (χ1) is 8.60. The lowest BCUT2D eigenvalue weighted by molar-refractivity contribution is 0.536. The van der Waals surface area contributed by atoms with Crippen LogP contribution in [0.1, 0.15) is 37.2 Å². The highest BCUT2D eigenvalue weighted by molar-refractivity contribution is 7.99. The molecule has 1 unspecified atom stereocenters. The van der Waals surface area contributed by atoms with Gasteiger partial charge in [0.05, 0.1) is 0 Å². The van der Waals surface area contributed by atoms with Crippen LogP contribution in [0.3, 0.4) is 0 Å². The van der Waals surface area contributed by atoms with E-state index in [2.05, 4.69) is 32.2 Å². The van der Waals surface area contributed by atoms with Crippen LogP contribution in [-0.2, 0) is 13.6 Å². The molecule has 0 aliphatic carbocycles. The Morgan fingerprint density at radius 2 is 2.28 bits per heavy atom. The van der Waals surface area contributed by atoms with E-state index < -0.39 is 0 Å². The van der Waals surface area contributed by atoms with Crippen molar-refractivity contribution in [3.8, 4) is 6.07 Å². The van der Waals surface area contributed by atoms with Gasteiger partial charge in [-0.25, -0.2) is 0 Å². The second-order valence-electron chi connectivity index (χ2n) is 4.58. The third-order valence-electron chi connectivity index (χ3n) is 3.29. The van der Waals surface area contributed by atoms with Crippen LogP contribution in [0.2, 0.25) is 0 Å². The van der Waals surface area contributed by atoms with Gasteiger partial charge in [-0.2, -0.15) is 17.0 Å². The number of thioether (sulfide) groups is 1. The minimum absolute atomic E-state index is 0.522. The Bertz CT molecular complexity index is 417. The molecule has 100 valence electrons. The van der Waals surface area contributed by atoms with Crippen molar-refractivity contribution in [2.75, 3.05) is 11.5 Å². The molecule has 1 aromatic heterocycles. The Balaban J connectivity index is 2.46. The van der Waals surface area contributed by atoms with E-state index in [9.17, 15) is 0 Å². The van der Waals surface area contributed by atoms with Crippen molar-refractivity contribution in [3.63, 3.8) is 0 Å². The van der Waals surface area contributed by atoms with Gasteiger partial charge in [0.2, 0.25) is 0 Å². The highest BCUT2D eigenvalue weighted by Gasteiger charge is 2.09. The Morgan fingerprint density at radius 3 is 2.83 bits per heavy atom. The fraction of sp³-hybridized carbons (Fsp3) is 0.643. The predicted molar refractivity (Wildman–Crippen MR) is 78.8 cm³/mol. The number of rotatable bonds is 7. The van der Waals surface area contributed by atoms with E-state index in [1.807, 2.05) is 29.4 Å². The number of nitrogens with one attached hydrogen (secondary N) is 1. The van der Waals surface area contributed by atoms with Crippen molar-refractivity contribution in [2.24, 2.45) is 7.05 Å². The molecule has 1 N–H and O–H groups in total. The molecule has 0 aromatic carbocycles. The maximum Gasteiger partial charge on any atom is 0.120 e. The van der Waals surface area contributed by atoms with Gasteiger partial charge in [-0.3, -0.25) is 0 Å². The van der Waals surface area contributed by atoms with Gasteiger partial charge in [-0.15, -0.1) is 0 Å². The molecule has 0 saturated carbocycles. The molecule has 4 heteroatoms. The highest BCUT2D eigenvalue weighted by Crippen LogP contribution is 2.13. The minimum atomic E-state index is 0.522. The summed E-state index contributed by atoms with van der Waals surface area (Å²) in [6.45, 7) is 7.33. The topological polar surface area (TPSA) is 40.8 Å². The average molecular weight is 265 g/mol. The number of nitriles is 1. The standard InChI is InChI=1S/C14H23N3S/c1-5-18-7-6-11(2)16-10-13-8-14(9-15)17(4)12(13)3/h8,11,16H,5-7,10H2,1-4H3. The van der Waals surface area contributed by atoms with E-state index >= 15 is 0 Å². The molecule has 0 bridgehead atoms. The molecular formula is C14H23N3S. The van der Waals surface area contributed by atoms with Crippen molar-refractivity contribution in [3.05, 3.63) is 23.0 Å². The zero-order valence-electron chi connectivity index (χ0n) is 11.8. The molecule has 1 atom stereocenters. The molecule has 0 aliphatic heterocycles. The van der Waals surface area contributed by atoms with Gasteiger partial charge in [0, 0.05) is 25.3 Å². The van der Waals surface area contributed by atoms with Gasteiger partial charge in [0.25, 0.3) is 0 Å². The summed E-state index contributed by atoms with van der Waals surface area (Å²) in [6, 6.07) is 4.72. The summed E-state index contributed by atoms with van der Waals surface area (Å²) in [5, 5.41) is 12.5. The molecular weight excluding hydrogens is 242 g/mol. The first-order valence-corrected chi connectivity index (χ1v) is 7.62. The molecule has 0 saturated heterocycles. The molecule has 0 fully saturated rings. The zero-order chi connectivity index (χ0) is 13.5. The average Bonchev–Trinajstić information content (AvgIpc) is 2.64. The van der Waals surface area contributed by atoms with Gasteiger partial charge in [-0.1, -0.05) is 6.92 Å². The minimum Gasteiger partial charge on any atom is -0.340 e. The van der Waals surface area contributed by atoms with E-state index in [0.29, 0.717) is 6.04 Å². The molecule has 18 heavy (non-hydrogen) atoms. The lowest BCUT2D eigenvalue weighted by Crippen LogP contribution is -2.26. The Labute approximate surface area is 115 Å². The fourth-order valence-corrected chi connectivity index (χ4v) is 2.65. The smallest absolute Gasteiger partial charge is 0.120 e. The summed E-state index contributed by atoms with van der Waals surface area (Å²) < 4.78 is 1.95. The second kappa shape index (κ2) is 7.50. The quantitative estimate of drug-likeness (QED) is 0.771. The third kappa shape index (κ3) is 4.08. The van der Waals surface area contributed by atoms with Crippen molar-refractivity contribution in [2.45, 2.75) is 39.8 Å². The highest BCUT2D eigenvalue weighted by atomic mass is 32.2. The SMILES string of the molecule is CCSCCC(C)NCc1cc(C#N)n(C)c1C. The van der Waals surface area contributed by atoms with E-state index in [1.54, 1.807) is 0 Å². The zero-order valence-corrected chi connectivity index (χ0v) is 12.6. The molecule has 0 aliphatic rings. The van der Waals surface area contributed by atoms with Gasteiger partial charge in [-0.05, 0) is 43.4 Å². The van der Waals surface area contributed by atoms with Crippen LogP contribution in [0.25, 0.3) is 0 Å². The van der Waals surface area contributed by atoms with E-state index in [4.69, 9.17) is 5.26 Å². The van der Waals surface area contributed by atoms with Gasteiger partial charge in [0.15, 0.2) is 0 Å². The van der Waals surface area contributed by atoms with E-state index in [0.717, 1.165) is 12.2 Å². The summed E-state index contributed by atoms with van der Waals surface area (Å²) >= 11 is 1.98. The summed E-state index contributed by atoms with van der Waals surface area (Å²) in [5.74, 6) is 2.40. The third-order valence-corrected chi connectivity index (χ3v) is 4.23. The first kappa shape index (κ1) is 15.1. The summed E-state index contributed by atoms with van der Waals surface area (Å²) in [6.07, 6.45) is 1.19. The van der Waals surface area contributed by atoms with Crippen LogP contribution in [0.4, 0.5) is 0 Å². The van der Waals surface area contributed by atoms with Crippen molar-refractivity contribution in [1.29, 1.82) is 5.26 Å². The van der Waals surface area contributed by atoms with Crippen LogP contribution in [0.5, 0.6) is 0 Å². The van der Waals surface area contributed by atoms with Gasteiger partial charge in [0.1, 0.15) is 11.8 Å². The lowest BCUT2D eigenvalue weighted by Gasteiger charge is -2.13. The number of nitrogens with zero attached hydrogens (tertiary/aromatic N) is 2. The number of hydrogen-bond acceptors (Lipinski definition) is 3. The van der Waals surface area contributed by atoms with E-state index in [-0.39, 0.29) is 0 Å². The summed E-state index contributed by atoms with van der Waals surface area (Å²) in [5.41, 5.74) is 3.14. The monoisotopic (exact) mass is 265 g/mol. The largest absolute Gasteiger partial charge is 0.340 e. The normalized spacial score (nSPS) is 12.4. The lowest BCUT2D eigenvalue weighted by atomic mass is 10.2. The number of aromatic nitrogens is 1. The van der Waals surface area contributed by atoms with Crippen LogP contribution < -0.4 is 5.32 Å². The first-order valence-electron chi connectivity index (χ1n) is 6.46. The van der Waals surface area contributed by atoms with Crippen LogP contribution in [0, 0.1) is 18.3 Å². The Hall–Kier alpha value is -0.920. The molecule has 1 aromatic rings. The molecule has 0 spiro atoms. The molecule has 0 radical (unpaired) electrons. The second-order valence-corrected chi connectivity index (χ2v) is 5.97. The molecule has 1 heterocycles. The number of hydrogen-bond donors (Lipinski definition) is 1. The predicted octanol–water partition coefficient (Wildman–Crippen LogP) is 2.83. The van der Waals surface area contributed by atoms with Crippen LogP contribution in [-0.4, -0.2) is 22.1 Å². The van der Waals surface area contributed by atoms with Gasteiger partial charge < -0.3 is 9.88 Å². The van der Waals surface area contributed by atoms with Crippen LogP contribution >= 0.6 is 11.8 Å². The maximum absolute atomic E-state index is 8.98. The Morgan fingerprint density at radius 1 is 1.56 bits per heavy atom. The molecule has 3 nitrogen and oxygen atoms in total. The van der Waals surface area contributed by atoms with Crippen molar-refractivity contribution >= 4 is 11.8 Å². The summed E-state index contributed by atoms with van der Waals surface area (Å²) in [7, 11) is 1.94. The van der Waals surface area contributed by atoms with E-state index in [1.165, 1.54) is 29.2 Å². The summed E-state index contributed by atoms with van der Waals surface area (Å²) in [4.78, 5) is 0. The fourth-order valence-electron chi connectivity index (χ4n) is 1.84. The maximum atomic E-state index is 8.98. The van der Waals surface area contributed by atoms with Crippen molar-refractivity contribution < 1.29 is 0 Å². The molecule has 1 rings (SSSR count). The molecule has 0 amide bonds. The van der Waals surface area contributed by atoms with Crippen molar-refractivity contribution in [1.82, 2.24) is 9.88 Å². The Kier molecular flexibility index (Phi) is 6.31. The van der Waals surface area contributed by atoms with Crippen LogP contribution in [0.15, 0.2) is 6.07 Å². The van der Waals surface area contributed by atoms with Gasteiger partial charge >= 0.3 is 0 Å².